The lowest BCUT2D eigenvalue weighted by Gasteiger charge is -2.56. The second kappa shape index (κ2) is 22.8. The van der Waals surface area contributed by atoms with Crippen LogP contribution in [0.15, 0.2) is 139 Å². The fourth-order valence-electron chi connectivity index (χ4n) is 14.4. The fourth-order valence-corrected chi connectivity index (χ4v) is 14.4. The Kier molecular flexibility index (Phi) is 15.8. The summed E-state index contributed by atoms with van der Waals surface area (Å²) in [6, 6.07) is 40.3. The lowest BCUT2D eigenvalue weighted by molar-refractivity contribution is -0.646. The molecule has 6 atom stereocenters. The molecule has 6 unspecified atom stereocenters. The number of aryl methyl sites for hydroxylation is 2. The van der Waals surface area contributed by atoms with Gasteiger partial charge < -0.3 is 34.6 Å². The number of aromatic nitrogens is 2. The maximum absolute atomic E-state index is 12.9. The Morgan fingerprint density at radius 1 is 0.756 bits per heavy atom. The number of carbonyl (C=O) groups is 4. The van der Waals surface area contributed by atoms with Crippen molar-refractivity contribution in [3.8, 4) is 17.2 Å². The maximum Gasteiger partial charge on any atom is 0.339 e. The van der Waals surface area contributed by atoms with Gasteiger partial charge in [-0.15, -0.1) is 0 Å². The van der Waals surface area contributed by atoms with E-state index in [2.05, 4.69) is 148 Å². The third-order valence-electron chi connectivity index (χ3n) is 18.8. The summed E-state index contributed by atoms with van der Waals surface area (Å²) < 4.78 is 10.1. The van der Waals surface area contributed by atoms with Crippen LogP contribution in [-0.4, -0.2) is 63.8 Å². The van der Waals surface area contributed by atoms with Gasteiger partial charge in [0.15, 0.2) is 0 Å². The molecule has 8 aromatic rings. The number of rotatable bonds is 9. The molecule has 0 amide bonds. The molecule has 2 heterocycles. The molecule has 3 N–H and O–H groups in total. The Hall–Kier alpha value is -8.51. The third-order valence-corrected chi connectivity index (χ3v) is 18.8. The summed E-state index contributed by atoms with van der Waals surface area (Å²) in [6.45, 7) is 10.5. The molecule has 0 saturated heterocycles. The van der Waals surface area contributed by atoms with Gasteiger partial charge >= 0.3 is 17.9 Å². The number of allylic oxidation sites excluding steroid dienone is 1. The summed E-state index contributed by atoms with van der Waals surface area (Å²) in [5.74, 6) is -1.38. The van der Waals surface area contributed by atoms with Crippen LogP contribution in [-0.2, 0) is 27.8 Å². The zero-order valence-electron chi connectivity index (χ0n) is 48.2. The number of Topliss-reactive ketones (excluding diaryl/α,β-unsaturated/α-hetero) is 1. The van der Waals surface area contributed by atoms with Crippen molar-refractivity contribution in [2.45, 2.75) is 98.5 Å². The highest BCUT2D eigenvalue weighted by Crippen LogP contribution is 2.64. The van der Waals surface area contributed by atoms with E-state index >= 15 is 0 Å². The average molecular weight is 1100 g/mol. The van der Waals surface area contributed by atoms with Crippen molar-refractivity contribution in [1.82, 2.24) is 4.57 Å². The number of hydrogen-bond donors (Lipinski definition) is 3. The largest absolute Gasteiger partial charge is 0.872 e. The first-order chi connectivity index (χ1) is 39.2. The molecule has 4 aliphatic carbocycles. The second-order valence-corrected chi connectivity index (χ2v) is 23.6. The standard InChI is InChI=1S/C26H28N3.C23H16O6.C21H30O3/c1-19-17-21(20(2)29(19)24-9-7-6-8-10-24)11-13-23-14-12-22-18-25(27(3)4)15-16-26(22)28(23)5;24-20-16(14-7-3-1-5-12(14)9-18(20)22(26)27)11-17-15-8-4-2-6-13(15)10-19(21(17)25)23(28)29;1-13(22)24-15-8-10-20(2)14(12-15)4-5-16-17-6-7-19(23)21(17,3)11-9-18(16)20/h6-18H,1-5H3;1-10,24-25H,11H2,(H,26,27)(H,28,29);4,15-18H,5-12H2,1-3H3/q+1;;/p-1. The number of aromatic carboxylic acids is 2. The molecule has 3 fully saturated rings. The number of aromatic hydroxyl groups is 1. The molecule has 4 aliphatic rings. The van der Waals surface area contributed by atoms with E-state index in [1.165, 1.54) is 76.0 Å². The van der Waals surface area contributed by atoms with E-state index in [1.54, 1.807) is 48.5 Å². The molecule has 12 nitrogen and oxygen atoms in total. The highest BCUT2D eigenvalue weighted by atomic mass is 16.5. The first-order valence-corrected chi connectivity index (χ1v) is 28.5. The van der Waals surface area contributed by atoms with Crippen LogP contribution < -0.4 is 14.6 Å². The van der Waals surface area contributed by atoms with Crippen molar-refractivity contribution >= 4 is 74.0 Å². The van der Waals surface area contributed by atoms with Crippen LogP contribution in [0.1, 0.15) is 127 Å². The monoisotopic (exact) mass is 1100 g/mol. The molecule has 0 bridgehead atoms. The molecule has 6 aromatic carbocycles. The quantitative estimate of drug-likeness (QED) is 0.0717. The number of para-hydroxylation sites is 1. The van der Waals surface area contributed by atoms with Gasteiger partial charge in [0, 0.05) is 97.6 Å². The van der Waals surface area contributed by atoms with Gasteiger partial charge in [0.2, 0.25) is 11.2 Å². The molecular weight excluding hydrogens is 1030 g/mol. The van der Waals surface area contributed by atoms with Crippen LogP contribution >= 0.6 is 0 Å². The predicted molar refractivity (Wildman–Crippen MR) is 322 cm³/mol. The van der Waals surface area contributed by atoms with Gasteiger partial charge in [-0.1, -0.05) is 98.0 Å². The smallest absolute Gasteiger partial charge is 0.339 e. The molecule has 0 radical (unpaired) electrons. The van der Waals surface area contributed by atoms with Crippen LogP contribution in [0.2, 0.25) is 0 Å². The van der Waals surface area contributed by atoms with Crippen LogP contribution in [0.5, 0.6) is 11.5 Å². The fraction of sp³-hybridized carbons (Fsp3) is 0.329. The van der Waals surface area contributed by atoms with Crippen LogP contribution in [0.25, 0.3) is 50.3 Å². The lowest BCUT2D eigenvalue weighted by Crippen LogP contribution is -2.50. The van der Waals surface area contributed by atoms with Crippen LogP contribution in [0, 0.1) is 42.4 Å². The van der Waals surface area contributed by atoms with Gasteiger partial charge in [0.1, 0.15) is 30.2 Å². The van der Waals surface area contributed by atoms with E-state index < -0.39 is 23.4 Å². The summed E-state index contributed by atoms with van der Waals surface area (Å²) in [4.78, 5) is 49.0. The number of carboxylic acid groups (broad SMARTS) is 2. The Balaban J connectivity index is 0.000000138. The first kappa shape index (κ1) is 56.8. The van der Waals surface area contributed by atoms with Crippen molar-refractivity contribution in [3.63, 3.8) is 0 Å². The third kappa shape index (κ3) is 10.7. The number of fused-ring (bicyclic) bond motifs is 8. The lowest BCUT2D eigenvalue weighted by atomic mass is 9.48. The van der Waals surface area contributed by atoms with Crippen molar-refractivity contribution in [1.29, 1.82) is 0 Å². The maximum atomic E-state index is 12.9. The van der Waals surface area contributed by atoms with E-state index in [4.69, 9.17) is 4.74 Å². The van der Waals surface area contributed by atoms with E-state index in [0.29, 0.717) is 45.1 Å². The molecule has 12 rings (SSSR count). The number of benzene rings is 6. The Labute approximate surface area is 479 Å². The Morgan fingerprint density at radius 2 is 1.39 bits per heavy atom. The number of esters is 1. The molecule has 0 aliphatic heterocycles. The SMILES string of the molecule is CC(=O)OC1CCC2(C)C(=CCC3C4CCC(=O)C4(C)CCC32)C1.Cc1cc(C=Cc2ccc3cc(N(C)C)ccc3[n+]2C)c(C)n1-c1ccccc1.O=C(O)c1cc2ccccc2c(Cc2c(O)c(C(=O)O)cc3ccccc23)c1[O-]. The molecular formula is C70H73N3O9. The molecule has 82 heavy (non-hydrogen) atoms. The Morgan fingerprint density at radius 3 is 2.06 bits per heavy atom. The summed E-state index contributed by atoms with van der Waals surface area (Å²) >= 11 is 0. The molecule has 2 aromatic heterocycles. The summed E-state index contributed by atoms with van der Waals surface area (Å²) in [5.41, 5.74) is 10.1. The minimum Gasteiger partial charge on any atom is -0.872 e. The number of anilines is 1. The number of phenols is 1. The zero-order valence-corrected chi connectivity index (χ0v) is 48.2. The molecule has 3 saturated carbocycles. The van der Waals surface area contributed by atoms with E-state index in [-0.39, 0.29) is 51.6 Å². The number of carboxylic acids is 2. The highest BCUT2D eigenvalue weighted by Gasteiger charge is 2.58. The van der Waals surface area contributed by atoms with Gasteiger partial charge in [-0.2, -0.15) is 4.57 Å². The van der Waals surface area contributed by atoms with Crippen LogP contribution in [0.4, 0.5) is 5.69 Å². The summed E-state index contributed by atoms with van der Waals surface area (Å²) in [5, 5.41) is 46.1. The van der Waals surface area contributed by atoms with Crippen molar-refractivity contribution < 1.29 is 48.9 Å². The number of pyridine rings is 1. The van der Waals surface area contributed by atoms with Gasteiger partial charge in [0.25, 0.3) is 0 Å². The van der Waals surface area contributed by atoms with E-state index in [9.17, 15) is 39.6 Å². The van der Waals surface area contributed by atoms with Crippen LogP contribution in [0.3, 0.4) is 0 Å². The topological polar surface area (TPSA) is 173 Å². The van der Waals surface area contributed by atoms with Crippen molar-refractivity contribution in [3.05, 3.63) is 184 Å². The predicted octanol–water partition coefficient (Wildman–Crippen LogP) is 13.5. The number of nitrogens with zero attached hydrogens (tertiary/aromatic N) is 3. The van der Waals surface area contributed by atoms with Gasteiger partial charge in [-0.05, 0) is 163 Å². The Bertz CT molecular complexity index is 3790. The number of ether oxygens (including phenoxy) is 1. The number of carbonyl (C=O) groups excluding carboxylic acids is 2. The zero-order chi connectivity index (χ0) is 58.4. The number of hydrogen-bond acceptors (Lipinski definition) is 8. The normalized spacial score (nSPS) is 21.8. The highest BCUT2D eigenvalue weighted by molar-refractivity contribution is 6.02. The molecule has 422 valence electrons. The summed E-state index contributed by atoms with van der Waals surface area (Å²) in [7, 11) is 6.28. The first-order valence-electron chi connectivity index (χ1n) is 28.5. The molecule has 0 spiro atoms. The van der Waals surface area contributed by atoms with Gasteiger partial charge in [-0.25, -0.2) is 9.59 Å². The van der Waals surface area contributed by atoms with Gasteiger partial charge in [0.05, 0.1) is 5.56 Å². The minimum atomic E-state index is -1.34. The van der Waals surface area contributed by atoms with E-state index in [1.807, 2.05) is 0 Å². The second-order valence-electron chi connectivity index (χ2n) is 23.6. The van der Waals surface area contributed by atoms with Gasteiger partial charge in [-0.3, -0.25) is 9.59 Å². The minimum absolute atomic E-state index is 0.0438. The van der Waals surface area contributed by atoms with E-state index in [0.717, 1.165) is 44.9 Å². The number of ketones is 1. The van der Waals surface area contributed by atoms with Crippen molar-refractivity contribution in [2.24, 2.45) is 35.6 Å². The average Bonchev–Trinajstić information content (AvgIpc) is 2.29. The summed E-state index contributed by atoms with van der Waals surface area (Å²) in [6.07, 6.45) is 15.2. The van der Waals surface area contributed by atoms with Crippen molar-refractivity contribution in [2.75, 3.05) is 19.0 Å². The molecule has 12 heteroatoms.